The van der Waals surface area contributed by atoms with Crippen LogP contribution in [0.5, 0.6) is 0 Å². The van der Waals surface area contributed by atoms with E-state index in [-0.39, 0.29) is 17.9 Å². The van der Waals surface area contributed by atoms with Gasteiger partial charge in [-0.05, 0) is 49.6 Å². The Kier molecular flexibility index (Phi) is 6.05. The van der Waals surface area contributed by atoms with Gasteiger partial charge < -0.3 is 10.6 Å². The van der Waals surface area contributed by atoms with Gasteiger partial charge in [0, 0.05) is 22.9 Å². The fourth-order valence-corrected chi connectivity index (χ4v) is 3.46. The highest BCUT2D eigenvalue weighted by Crippen LogP contribution is 2.19. The summed E-state index contributed by atoms with van der Waals surface area (Å²) < 4.78 is 0. The number of amides is 2. The minimum Gasteiger partial charge on any atom is -0.349 e. The highest BCUT2D eigenvalue weighted by atomic mass is 16.2. The Bertz CT molecular complexity index is 777. The lowest BCUT2D eigenvalue weighted by atomic mass is 10.1. The average molecular weight is 350 g/mol. The van der Waals surface area contributed by atoms with Crippen LogP contribution in [0.3, 0.4) is 0 Å². The third-order valence-electron chi connectivity index (χ3n) is 4.96. The van der Waals surface area contributed by atoms with Crippen molar-refractivity contribution in [3.63, 3.8) is 0 Å². The predicted molar refractivity (Wildman–Crippen MR) is 105 cm³/mol. The van der Waals surface area contributed by atoms with E-state index in [1.807, 2.05) is 25.1 Å². The van der Waals surface area contributed by atoms with E-state index in [1.165, 1.54) is 25.7 Å². The molecule has 0 aromatic heterocycles. The normalized spacial score (nSPS) is 15.1. The summed E-state index contributed by atoms with van der Waals surface area (Å²) in [6.45, 7) is 1.91. The average Bonchev–Trinajstić information content (AvgIpc) is 2.91. The van der Waals surface area contributed by atoms with Crippen molar-refractivity contribution < 1.29 is 9.59 Å². The van der Waals surface area contributed by atoms with Gasteiger partial charge in [-0.3, -0.25) is 9.59 Å². The van der Waals surface area contributed by atoms with Crippen LogP contribution in [0, 0.1) is 6.92 Å². The summed E-state index contributed by atoms with van der Waals surface area (Å²) in [5, 5.41) is 6.03. The molecule has 1 fully saturated rings. The van der Waals surface area contributed by atoms with Crippen molar-refractivity contribution >= 4 is 17.5 Å². The van der Waals surface area contributed by atoms with Crippen molar-refractivity contribution in [2.45, 2.75) is 51.5 Å². The first-order valence-corrected chi connectivity index (χ1v) is 9.41. The Labute approximate surface area is 155 Å². The summed E-state index contributed by atoms with van der Waals surface area (Å²) in [6.07, 6.45) is 6.97. The second kappa shape index (κ2) is 8.65. The lowest BCUT2D eigenvalue weighted by molar-refractivity contribution is 0.0932. The van der Waals surface area contributed by atoms with Gasteiger partial charge >= 0.3 is 0 Å². The molecule has 2 amide bonds. The Hall–Kier alpha value is -2.62. The molecule has 0 bridgehead atoms. The van der Waals surface area contributed by atoms with E-state index >= 15 is 0 Å². The zero-order chi connectivity index (χ0) is 18.4. The number of nitrogens with one attached hydrogen (secondary N) is 2. The van der Waals surface area contributed by atoms with Gasteiger partial charge in [0.2, 0.25) is 0 Å². The minimum atomic E-state index is -0.163. The first-order chi connectivity index (χ1) is 12.6. The Morgan fingerprint density at radius 1 is 0.885 bits per heavy atom. The first-order valence-electron chi connectivity index (χ1n) is 9.41. The molecule has 0 heterocycles. The van der Waals surface area contributed by atoms with E-state index in [0.717, 1.165) is 18.4 Å². The fourth-order valence-electron chi connectivity index (χ4n) is 3.46. The molecule has 2 N–H and O–H groups in total. The van der Waals surface area contributed by atoms with Gasteiger partial charge in [-0.2, -0.15) is 0 Å². The van der Waals surface area contributed by atoms with Gasteiger partial charge in [0.15, 0.2) is 0 Å². The number of hydrogen-bond acceptors (Lipinski definition) is 2. The van der Waals surface area contributed by atoms with Crippen molar-refractivity contribution in [2.24, 2.45) is 0 Å². The molecule has 1 saturated carbocycles. The Morgan fingerprint density at radius 3 is 2.35 bits per heavy atom. The van der Waals surface area contributed by atoms with Crippen LogP contribution < -0.4 is 10.6 Å². The number of rotatable bonds is 4. The van der Waals surface area contributed by atoms with Crippen molar-refractivity contribution in [1.82, 2.24) is 5.32 Å². The van der Waals surface area contributed by atoms with Crippen molar-refractivity contribution in [3.05, 3.63) is 65.2 Å². The van der Waals surface area contributed by atoms with E-state index in [1.54, 1.807) is 30.3 Å². The molecule has 0 spiro atoms. The van der Waals surface area contributed by atoms with E-state index < -0.39 is 0 Å². The molecular formula is C22H26N2O2. The molecule has 0 atom stereocenters. The number of carbonyl (C=O) groups excluding carboxylic acids is 2. The molecule has 3 rings (SSSR count). The number of hydrogen-bond donors (Lipinski definition) is 2. The van der Waals surface area contributed by atoms with E-state index in [9.17, 15) is 9.59 Å². The summed E-state index contributed by atoms with van der Waals surface area (Å²) in [6, 6.07) is 14.9. The van der Waals surface area contributed by atoms with Gasteiger partial charge in [0.1, 0.15) is 0 Å². The monoisotopic (exact) mass is 350 g/mol. The maximum absolute atomic E-state index is 12.6. The lowest BCUT2D eigenvalue weighted by Crippen LogP contribution is -2.34. The number of anilines is 1. The second-order valence-electron chi connectivity index (χ2n) is 7.01. The molecule has 2 aromatic carbocycles. The van der Waals surface area contributed by atoms with Crippen molar-refractivity contribution in [2.75, 3.05) is 5.32 Å². The molecule has 0 radical (unpaired) electrons. The molecule has 136 valence electrons. The summed E-state index contributed by atoms with van der Waals surface area (Å²) in [5.74, 6) is -0.228. The van der Waals surface area contributed by atoms with Gasteiger partial charge in [-0.15, -0.1) is 0 Å². The van der Waals surface area contributed by atoms with Crippen LogP contribution in [-0.4, -0.2) is 17.9 Å². The molecule has 1 aliphatic carbocycles. The van der Waals surface area contributed by atoms with Crippen molar-refractivity contribution in [3.8, 4) is 0 Å². The zero-order valence-corrected chi connectivity index (χ0v) is 15.3. The standard InChI is InChI=1S/C22H26N2O2/c1-16-9-6-7-14-20(16)22(26)24-19-13-8-10-17(15-19)21(25)23-18-11-4-2-3-5-12-18/h6-10,13-15,18H,2-5,11-12H2,1H3,(H,23,25)(H,24,26). The predicted octanol–water partition coefficient (Wildman–Crippen LogP) is 4.70. The largest absolute Gasteiger partial charge is 0.349 e. The summed E-state index contributed by atoms with van der Waals surface area (Å²) >= 11 is 0. The summed E-state index contributed by atoms with van der Waals surface area (Å²) in [4.78, 5) is 25.0. The molecule has 26 heavy (non-hydrogen) atoms. The smallest absolute Gasteiger partial charge is 0.255 e. The topological polar surface area (TPSA) is 58.2 Å². The van der Waals surface area contributed by atoms with Gasteiger partial charge in [-0.25, -0.2) is 0 Å². The third-order valence-corrected chi connectivity index (χ3v) is 4.96. The molecular weight excluding hydrogens is 324 g/mol. The molecule has 1 aliphatic rings. The van der Waals surface area contributed by atoms with Crippen LogP contribution in [0.2, 0.25) is 0 Å². The van der Waals surface area contributed by atoms with Gasteiger partial charge in [-0.1, -0.05) is 49.9 Å². The minimum absolute atomic E-state index is 0.0658. The highest BCUT2D eigenvalue weighted by molar-refractivity contribution is 6.06. The van der Waals surface area contributed by atoms with E-state index in [2.05, 4.69) is 10.6 Å². The fraction of sp³-hybridized carbons (Fsp3) is 0.364. The molecule has 0 unspecified atom stereocenters. The number of benzene rings is 2. The maximum Gasteiger partial charge on any atom is 0.255 e. The first kappa shape index (κ1) is 18.2. The van der Waals surface area contributed by atoms with E-state index in [4.69, 9.17) is 0 Å². The Balaban J connectivity index is 1.66. The molecule has 0 saturated heterocycles. The van der Waals surface area contributed by atoms with Crippen LogP contribution in [0.25, 0.3) is 0 Å². The molecule has 4 nitrogen and oxygen atoms in total. The number of aryl methyl sites for hydroxylation is 1. The van der Waals surface area contributed by atoms with Crippen LogP contribution in [0.1, 0.15) is 64.8 Å². The maximum atomic E-state index is 12.6. The number of carbonyl (C=O) groups is 2. The molecule has 2 aromatic rings. The van der Waals surface area contributed by atoms with Crippen LogP contribution >= 0.6 is 0 Å². The second-order valence-corrected chi connectivity index (χ2v) is 7.01. The quantitative estimate of drug-likeness (QED) is 0.785. The van der Waals surface area contributed by atoms with Crippen LogP contribution in [-0.2, 0) is 0 Å². The van der Waals surface area contributed by atoms with E-state index in [0.29, 0.717) is 16.8 Å². The zero-order valence-electron chi connectivity index (χ0n) is 15.3. The summed E-state index contributed by atoms with van der Waals surface area (Å²) in [7, 11) is 0. The van der Waals surface area contributed by atoms with Crippen LogP contribution in [0.15, 0.2) is 48.5 Å². The SMILES string of the molecule is Cc1ccccc1C(=O)Nc1cccc(C(=O)NC2CCCCCC2)c1. The van der Waals surface area contributed by atoms with Gasteiger partial charge in [0.25, 0.3) is 11.8 Å². The molecule has 0 aliphatic heterocycles. The van der Waals surface area contributed by atoms with Gasteiger partial charge in [0.05, 0.1) is 0 Å². The lowest BCUT2D eigenvalue weighted by Gasteiger charge is -2.16. The molecule has 4 heteroatoms. The third kappa shape index (κ3) is 4.72. The highest BCUT2D eigenvalue weighted by Gasteiger charge is 2.16. The Morgan fingerprint density at radius 2 is 1.62 bits per heavy atom. The van der Waals surface area contributed by atoms with Crippen molar-refractivity contribution in [1.29, 1.82) is 0 Å². The summed E-state index contributed by atoms with van der Waals surface area (Å²) in [5.41, 5.74) is 2.77. The van der Waals surface area contributed by atoms with Crippen LogP contribution in [0.4, 0.5) is 5.69 Å².